The number of rotatable bonds is 8. The van der Waals surface area contributed by atoms with Crippen LogP contribution in [0, 0.1) is 20.8 Å². The van der Waals surface area contributed by atoms with Gasteiger partial charge in [-0.1, -0.05) is 24.3 Å². The van der Waals surface area contributed by atoms with E-state index in [4.69, 9.17) is 17.0 Å². The molecule has 0 saturated carbocycles. The predicted molar refractivity (Wildman–Crippen MR) is 163 cm³/mol. The van der Waals surface area contributed by atoms with Crippen molar-refractivity contribution in [3.05, 3.63) is 113 Å². The van der Waals surface area contributed by atoms with E-state index in [9.17, 15) is 9.59 Å². The van der Waals surface area contributed by atoms with Crippen LogP contribution in [0.1, 0.15) is 57.1 Å². The van der Waals surface area contributed by atoms with Crippen molar-refractivity contribution in [2.24, 2.45) is 0 Å². The largest absolute Gasteiger partial charge is 0.465 e. The van der Waals surface area contributed by atoms with Crippen LogP contribution >= 0.6 is 12.2 Å². The molecule has 0 aliphatic carbocycles. The highest BCUT2D eigenvalue weighted by Gasteiger charge is 2.41. The Hall–Kier alpha value is -4.50. The minimum atomic E-state index is -0.384. The van der Waals surface area contributed by atoms with Crippen molar-refractivity contribution in [1.82, 2.24) is 19.8 Å². The van der Waals surface area contributed by atoms with E-state index in [1.807, 2.05) is 74.5 Å². The maximum Gasteiger partial charge on any atom is 0.337 e. The van der Waals surface area contributed by atoms with Crippen molar-refractivity contribution in [3.8, 4) is 5.69 Å². The quantitative estimate of drug-likeness (QED) is 0.212. The summed E-state index contributed by atoms with van der Waals surface area (Å²) in [5, 5.41) is 7.05. The van der Waals surface area contributed by atoms with E-state index in [0.29, 0.717) is 17.2 Å². The summed E-state index contributed by atoms with van der Waals surface area (Å²) in [4.78, 5) is 31.9. The number of hydrogen-bond donors (Lipinski definition) is 2. The molecule has 8 nitrogen and oxygen atoms in total. The first-order valence-corrected chi connectivity index (χ1v) is 13.9. The van der Waals surface area contributed by atoms with Crippen LogP contribution in [0.15, 0.2) is 79.0 Å². The third-order valence-electron chi connectivity index (χ3n) is 7.39. The number of hydrogen-bond acceptors (Lipinski definition) is 5. The van der Waals surface area contributed by atoms with Crippen LogP contribution in [0.5, 0.6) is 0 Å². The van der Waals surface area contributed by atoms with Gasteiger partial charge < -0.3 is 24.8 Å². The van der Waals surface area contributed by atoms with Gasteiger partial charge in [0.25, 0.3) is 0 Å². The summed E-state index contributed by atoms with van der Waals surface area (Å²) in [6.45, 7) is 6.53. The predicted octanol–water partition coefficient (Wildman–Crippen LogP) is 5.59. The second kappa shape index (κ2) is 11.9. The van der Waals surface area contributed by atoms with E-state index in [1.54, 1.807) is 12.3 Å². The standard InChI is InChI=1S/C32H33N5O3S/c1-20-9-7-11-24(17-20)34-28(38)14-16-36-30(29(35-32(36)41)27-13-5-6-15-33-27)26-18-21(2)37(22(26)3)25-12-8-10-23(19-25)31(39)40-4/h5-13,15,17-19,29-30H,14,16H2,1-4H3,(H,34,38)(H,35,41)/t29-,30+/m0/s1. The fourth-order valence-corrected chi connectivity index (χ4v) is 5.86. The van der Waals surface area contributed by atoms with Gasteiger partial charge in [0.05, 0.1) is 30.5 Å². The van der Waals surface area contributed by atoms with Gasteiger partial charge in [0, 0.05) is 41.9 Å². The Balaban J connectivity index is 1.48. The number of pyridine rings is 1. The number of nitrogens with one attached hydrogen (secondary N) is 2. The topological polar surface area (TPSA) is 88.5 Å². The molecule has 1 fully saturated rings. The van der Waals surface area contributed by atoms with Gasteiger partial charge in [-0.25, -0.2) is 4.79 Å². The van der Waals surface area contributed by atoms with Gasteiger partial charge in [-0.2, -0.15) is 0 Å². The van der Waals surface area contributed by atoms with Crippen LogP contribution in [0.4, 0.5) is 5.69 Å². The summed E-state index contributed by atoms with van der Waals surface area (Å²) >= 11 is 5.83. The number of anilines is 1. The Morgan fingerprint density at radius 3 is 2.56 bits per heavy atom. The Bertz CT molecular complexity index is 1600. The van der Waals surface area contributed by atoms with Crippen LogP contribution in [0.25, 0.3) is 5.69 Å². The maximum atomic E-state index is 12.9. The van der Waals surface area contributed by atoms with Crippen LogP contribution in [-0.2, 0) is 9.53 Å². The number of methoxy groups -OCH3 is 1. The molecule has 41 heavy (non-hydrogen) atoms. The zero-order valence-corrected chi connectivity index (χ0v) is 24.4. The van der Waals surface area contributed by atoms with Gasteiger partial charge in [-0.05, 0) is 92.6 Å². The van der Waals surface area contributed by atoms with E-state index in [1.165, 1.54) is 7.11 Å². The highest BCUT2D eigenvalue weighted by atomic mass is 32.1. The zero-order chi connectivity index (χ0) is 29.1. The average Bonchev–Trinajstić information content (AvgIpc) is 3.45. The van der Waals surface area contributed by atoms with E-state index in [0.717, 1.165) is 39.6 Å². The number of nitrogens with zero attached hydrogens (tertiary/aromatic N) is 3. The SMILES string of the molecule is COC(=O)c1cccc(-n2c(C)cc([C@@H]3[C@H](c4ccccn4)NC(=S)N3CCC(=O)Nc3cccc(C)c3)c2C)c1. The van der Waals surface area contributed by atoms with Crippen molar-refractivity contribution in [2.45, 2.75) is 39.3 Å². The summed E-state index contributed by atoms with van der Waals surface area (Å²) in [7, 11) is 1.38. The number of benzene rings is 2. The van der Waals surface area contributed by atoms with Crippen molar-refractivity contribution < 1.29 is 14.3 Å². The van der Waals surface area contributed by atoms with E-state index >= 15 is 0 Å². The summed E-state index contributed by atoms with van der Waals surface area (Å²) < 4.78 is 7.06. The van der Waals surface area contributed by atoms with Crippen LogP contribution in [-0.4, -0.2) is 45.1 Å². The molecule has 1 saturated heterocycles. The third kappa shape index (κ3) is 5.85. The van der Waals surface area contributed by atoms with Gasteiger partial charge >= 0.3 is 5.97 Å². The second-order valence-electron chi connectivity index (χ2n) is 10.2. The van der Waals surface area contributed by atoms with Gasteiger partial charge in [0.1, 0.15) is 0 Å². The molecule has 0 radical (unpaired) electrons. The lowest BCUT2D eigenvalue weighted by Crippen LogP contribution is -2.32. The molecule has 1 aliphatic rings. The molecule has 4 aromatic rings. The van der Waals surface area contributed by atoms with E-state index in [-0.39, 0.29) is 30.4 Å². The first-order chi connectivity index (χ1) is 19.8. The zero-order valence-electron chi connectivity index (χ0n) is 23.5. The molecule has 0 unspecified atom stereocenters. The lowest BCUT2D eigenvalue weighted by molar-refractivity contribution is -0.116. The highest BCUT2D eigenvalue weighted by Crippen LogP contribution is 2.41. The van der Waals surface area contributed by atoms with Crippen LogP contribution < -0.4 is 10.6 Å². The summed E-state index contributed by atoms with van der Waals surface area (Å²) in [5.41, 5.74) is 7.15. The monoisotopic (exact) mass is 567 g/mol. The number of ether oxygens (including phenoxy) is 1. The molecule has 9 heteroatoms. The second-order valence-corrected chi connectivity index (χ2v) is 10.6. The van der Waals surface area contributed by atoms with Crippen molar-refractivity contribution in [2.75, 3.05) is 19.0 Å². The molecule has 1 amide bonds. The number of carbonyl (C=O) groups excluding carboxylic acids is 2. The average molecular weight is 568 g/mol. The molecule has 2 aromatic heterocycles. The van der Waals surface area contributed by atoms with Crippen molar-refractivity contribution >= 4 is 34.9 Å². The number of aromatic nitrogens is 2. The van der Waals surface area contributed by atoms with Gasteiger partial charge in [-0.3, -0.25) is 9.78 Å². The number of carbonyl (C=O) groups is 2. The summed E-state index contributed by atoms with van der Waals surface area (Å²) in [6, 6.07) is 22.7. The Labute approximate surface area is 245 Å². The molecule has 2 aromatic carbocycles. The van der Waals surface area contributed by atoms with E-state index < -0.39 is 0 Å². The lowest BCUT2D eigenvalue weighted by atomic mass is 9.96. The molecule has 210 valence electrons. The van der Waals surface area contributed by atoms with Crippen molar-refractivity contribution in [3.63, 3.8) is 0 Å². The Morgan fingerprint density at radius 2 is 1.83 bits per heavy atom. The molecular formula is C32H33N5O3S. The summed E-state index contributed by atoms with van der Waals surface area (Å²) in [6.07, 6.45) is 2.04. The number of esters is 1. The molecule has 0 spiro atoms. The minimum Gasteiger partial charge on any atom is -0.465 e. The molecule has 2 N–H and O–H groups in total. The molecule has 5 rings (SSSR count). The smallest absolute Gasteiger partial charge is 0.337 e. The van der Waals surface area contributed by atoms with Crippen molar-refractivity contribution in [1.29, 1.82) is 0 Å². The van der Waals surface area contributed by atoms with Gasteiger partial charge in [0.2, 0.25) is 5.91 Å². The first-order valence-electron chi connectivity index (χ1n) is 13.5. The molecule has 2 atom stereocenters. The highest BCUT2D eigenvalue weighted by molar-refractivity contribution is 7.80. The van der Waals surface area contributed by atoms with Crippen LogP contribution in [0.2, 0.25) is 0 Å². The molecule has 0 bridgehead atoms. The third-order valence-corrected chi connectivity index (χ3v) is 7.75. The Morgan fingerprint density at radius 1 is 1.02 bits per heavy atom. The normalized spacial score (nSPS) is 16.4. The number of aryl methyl sites for hydroxylation is 2. The maximum absolute atomic E-state index is 12.9. The minimum absolute atomic E-state index is 0.0801. The number of amides is 1. The van der Waals surface area contributed by atoms with E-state index in [2.05, 4.69) is 38.1 Å². The molecule has 3 heterocycles. The molecular weight excluding hydrogens is 534 g/mol. The van der Waals surface area contributed by atoms with Gasteiger partial charge in [0.15, 0.2) is 5.11 Å². The molecule has 1 aliphatic heterocycles. The fourth-order valence-electron chi connectivity index (χ4n) is 5.53. The lowest BCUT2D eigenvalue weighted by Gasteiger charge is -2.28. The van der Waals surface area contributed by atoms with Crippen LogP contribution in [0.3, 0.4) is 0 Å². The first kappa shape index (κ1) is 28.0. The van der Waals surface area contributed by atoms with Gasteiger partial charge in [-0.15, -0.1) is 0 Å². The Kier molecular flexibility index (Phi) is 8.16. The summed E-state index contributed by atoms with van der Waals surface area (Å²) in [5.74, 6) is -0.464. The fraction of sp³-hybridized carbons (Fsp3) is 0.250. The number of thiocarbonyl (C=S) groups is 1.